The molecular formula is C77H150O17P2. The van der Waals surface area contributed by atoms with E-state index in [0.29, 0.717) is 25.7 Å². The van der Waals surface area contributed by atoms with Crippen molar-refractivity contribution < 1.29 is 80.2 Å². The molecule has 19 heteroatoms. The average Bonchev–Trinajstić information content (AvgIpc) is 1.22. The molecule has 0 aromatic carbocycles. The third kappa shape index (κ3) is 66.6. The molecule has 0 spiro atoms. The molecular weight excluding hydrogens is 1260 g/mol. The molecule has 96 heavy (non-hydrogen) atoms. The van der Waals surface area contributed by atoms with Crippen LogP contribution in [0.15, 0.2) is 0 Å². The van der Waals surface area contributed by atoms with Gasteiger partial charge in [0.15, 0.2) is 12.2 Å². The molecule has 8 atom stereocenters. The average molecular weight is 1410 g/mol. The van der Waals surface area contributed by atoms with Gasteiger partial charge in [-0.05, 0) is 43.4 Å². The van der Waals surface area contributed by atoms with Gasteiger partial charge in [0.2, 0.25) is 0 Å². The molecule has 5 unspecified atom stereocenters. The standard InChI is InChI=1S/C77H150O17P2/c1-8-12-13-14-15-16-31-36-44-51-58-74(79)88-65-73(94-77(82)61-54-47-40-39-43-50-57-70(7)11-4)67-92-96(85,86)90-63-71(78)62-89-95(83,84)91-66-72(64-87-75(80)59-52-45-37-32-28-27-30-35-42-49-56-69(6)10-3)93-76(81)60-53-46-38-33-26-24-22-20-18-17-19-21-23-25-29-34-41-48-55-68(5)9-2/h68-73,78H,8-67H2,1-7H3,(H,83,84)(H,85,86)/t68?,69?,70?,71-,72-,73-/m1/s1. The van der Waals surface area contributed by atoms with Crippen LogP contribution in [0.4, 0.5) is 0 Å². The third-order valence-electron chi connectivity index (χ3n) is 19.0. The van der Waals surface area contributed by atoms with Gasteiger partial charge in [-0.25, -0.2) is 9.13 Å². The Morgan fingerprint density at radius 2 is 0.500 bits per heavy atom. The summed E-state index contributed by atoms with van der Waals surface area (Å²) >= 11 is 0. The molecule has 0 aliphatic heterocycles. The molecule has 0 aliphatic carbocycles. The van der Waals surface area contributed by atoms with Crippen LogP contribution in [-0.2, 0) is 65.4 Å². The van der Waals surface area contributed by atoms with Gasteiger partial charge in [0.1, 0.15) is 19.3 Å². The number of esters is 4. The van der Waals surface area contributed by atoms with E-state index >= 15 is 0 Å². The minimum Gasteiger partial charge on any atom is -0.462 e. The number of hydrogen-bond acceptors (Lipinski definition) is 15. The van der Waals surface area contributed by atoms with Crippen molar-refractivity contribution in [2.24, 2.45) is 17.8 Å². The fourth-order valence-corrected chi connectivity index (χ4v) is 13.3. The van der Waals surface area contributed by atoms with Crippen molar-refractivity contribution in [3.8, 4) is 0 Å². The first kappa shape index (κ1) is 94.1. The Kier molecular flexibility index (Phi) is 66.2. The van der Waals surface area contributed by atoms with Gasteiger partial charge in [-0.1, -0.05) is 344 Å². The number of carbonyl (C=O) groups excluding carboxylic acids is 4. The highest BCUT2D eigenvalue weighted by Gasteiger charge is 2.30. The van der Waals surface area contributed by atoms with Crippen molar-refractivity contribution in [2.75, 3.05) is 39.6 Å². The molecule has 570 valence electrons. The van der Waals surface area contributed by atoms with Crippen LogP contribution in [0.25, 0.3) is 0 Å². The van der Waals surface area contributed by atoms with Crippen molar-refractivity contribution in [1.82, 2.24) is 0 Å². The summed E-state index contributed by atoms with van der Waals surface area (Å²) in [6.07, 6.45) is 54.1. The van der Waals surface area contributed by atoms with Gasteiger partial charge in [0.05, 0.1) is 26.4 Å². The number of hydrogen-bond donors (Lipinski definition) is 3. The van der Waals surface area contributed by atoms with Crippen LogP contribution in [0, 0.1) is 17.8 Å². The Balaban J connectivity index is 5.19. The zero-order valence-corrected chi connectivity index (χ0v) is 64.6. The second-order valence-electron chi connectivity index (χ2n) is 28.5. The third-order valence-corrected chi connectivity index (χ3v) is 20.9. The lowest BCUT2D eigenvalue weighted by Crippen LogP contribution is -2.30. The maximum absolute atomic E-state index is 13.1. The minimum atomic E-state index is -4.96. The smallest absolute Gasteiger partial charge is 0.462 e. The summed E-state index contributed by atoms with van der Waals surface area (Å²) in [6.45, 7) is 11.9. The van der Waals surface area contributed by atoms with Gasteiger partial charge in [-0.2, -0.15) is 0 Å². The number of unbranched alkanes of at least 4 members (excludes halogenated alkanes) is 40. The SMILES string of the molecule is CCCCCCCCCCCCC(=O)OC[C@H](COP(=O)(O)OC[C@H](O)COP(=O)(O)OC[C@@H](COC(=O)CCCCCCCCCCCCC(C)CC)OC(=O)CCCCCCCCCCCCCCCCCCCCC(C)CC)OC(=O)CCCCCCCCC(C)CC. The summed E-state index contributed by atoms with van der Waals surface area (Å²) in [5.41, 5.74) is 0. The van der Waals surface area contributed by atoms with Crippen LogP contribution in [-0.4, -0.2) is 96.7 Å². The van der Waals surface area contributed by atoms with E-state index in [4.69, 9.17) is 37.0 Å². The number of rotatable bonds is 75. The summed E-state index contributed by atoms with van der Waals surface area (Å²) in [5, 5.41) is 10.6. The van der Waals surface area contributed by atoms with Crippen molar-refractivity contribution in [2.45, 2.75) is 414 Å². The van der Waals surface area contributed by atoms with Crippen molar-refractivity contribution >= 4 is 39.5 Å². The summed E-state index contributed by atoms with van der Waals surface area (Å²) in [4.78, 5) is 72.8. The molecule has 0 bridgehead atoms. The minimum absolute atomic E-state index is 0.103. The van der Waals surface area contributed by atoms with E-state index in [1.807, 2.05) is 0 Å². The lowest BCUT2D eigenvalue weighted by Gasteiger charge is -2.21. The molecule has 0 heterocycles. The van der Waals surface area contributed by atoms with Gasteiger partial charge in [-0.15, -0.1) is 0 Å². The summed E-state index contributed by atoms with van der Waals surface area (Å²) in [6, 6.07) is 0. The topological polar surface area (TPSA) is 237 Å². The van der Waals surface area contributed by atoms with Crippen LogP contribution >= 0.6 is 15.6 Å². The molecule has 0 aromatic rings. The Morgan fingerprint density at radius 3 is 0.740 bits per heavy atom. The second-order valence-corrected chi connectivity index (χ2v) is 31.4. The van der Waals surface area contributed by atoms with Crippen molar-refractivity contribution in [3.63, 3.8) is 0 Å². The Morgan fingerprint density at radius 1 is 0.292 bits per heavy atom. The fourth-order valence-electron chi connectivity index (χ4n) is 11.7. The number of aliphatic hydroxyl groups is 1. The molecule has 0 aliphatic rings. The maximum Gasteiger partial charge on any atom is 0.472 e. The van der Waals surface area contributed by atoms with Gasteiger partial charge < -0.3 is 33.8 Å². The highest BCUT2D eigenvalue weighted by atomic mass is 31.2. The van der Waals surface area contributed by atoms with Crippen LogP contribution in [0.1, 0.15) is 395 Å². The highest BCUT2D eigenvalue weighted by molar-refractivity contribution is 7.47. The lowest BCUT2D eigenvalue weighted by molar-refractivity contribution is -0.161. The molecule has 0 fully saturated rings. The second kappa shape index (κ2) is 67.5. The molecule has 0 saturated heterocycles. The van der Waals surface area contributed by atoms with E-state index in [-0.39, 0.29) is 25.7 Å². The normalized spacial score (nSPS) is 14.9. The molecule has 0 rings (SSSR count). The number of ether oxygens (including phenoxy) is 4. The molecule has 0 amide bonds. The first-order chi connectivity index (χ1) is 46.3. The Bertz CT molecular complexity index is 1880. The fraction of sp³-hybridized carbons (Fsp3) is 0.948. The van der Waals surface area contributed by atoms with E-state index in [1.165, 1.54) is 205 Å². The predicted octanol–water partition coefficient (Wildman–Crippen LogP) is 22.6. The van der Waals surface area contributed by atoms with Gasteiger partial charge in [0.25, 0.3) is 0 Å². The number of phosphoric acid groups is 2. The number of carbonyl (C=O) groups is 4. The molecule has 0 radical (unpaired) electrons. The first-order valence-corrected chi connectivity index (χ1v) is 43.0. The maximum atomic E-state index is 13.1. The summed E-state index contributed by atoms with van der Waals surface area (Å²) in [7, 11) is -9.91. The van der Waals surface area contributed by atoms with Crippen molar-refractivity contribution in [1.29, 1.82) is 0 Å². The molecule has 17 nitrogen and oxygen atoms in total. The van der Waals surface area contributed by atoms with Crippen molar-refractivity contribution in [3.05, 3.63) is 0 Å². The summed E-state index contributed by atoms with van der Waals surface area (Å²) < 4.78 is 68.5. The first-order valence-electron chi connectivity index (χ1n) is 40.0. The largest absolute Gasteiger partial charge is 0.472 e. The van der Waals surface area contributed by atoms with Crippen LogP contribution < -0.4 is 0 Å². The monoisotopic (exact) mass is 1410 g/mol. The van der Waals surface area contributed by atoms with E-state index in [2.05, 4.69) is 48.5 Å². The lowest BCUT2D eigenvalue weighted by atomic mass is 9.99. The van der Waals surface area contributed by atoms with Gasteiger partial charge in [0, 0.05) is 25.7 Å². The number of aliphatic hydroxyl groups excluding tert-OH is 1. The van der Waals surface area contributed by atoms with Crippen LogP contribution in [0.3, 0.4) is 0 Å². The van der Waals surface area contributed by atoms with Crippen LogP contribution in [0.5, 0.6) is 0 Å². The van der Waals surface area contributed by atoms with E-state index < -0.39 is 97.5 Å². The zero-order valence-electron chi connectivity index (χ0n) is 62.8. The van der Waals surface area contributed by atoms with Gasteiger partial charge >= 0.3 is 39.5 Å². The molecule has 0 saturated carbocycles. The molecule has 3 N–H and O–H groups in total. The van der Waals surface area contributed by atoms with E-state index in [9.17, 15) is 43.2 Å². The van der Waals surface area contributed by atoms with E-state index in [1.54, 1.807) is 0 Å². The Hall–Kier alpha value is -1.94. The van der Waals surface area contributed by atoms with Crippen LogP contribution in [0.2, 0.25) is 0 Å². The zero-order chi connectivity index (χ0) is 70.9. The molecule has 0 aromatic heterocycles. The van der Waals surface area contributed by atoms with E-state index in [0.717, 1.165) is 108 Å². The quantitative estimate of drug-likeness (QED) is 0.0222. The highest BCUT2D eigenvalue weighted by Crippen LogP contribution is 2.45. The predicted molar refractivity (Wildman–Crippen MR) is 391 cm³/mol. The number of phosphoric ester groups is 2. The summed E-state index contributed by atoms with van der Waals surface area (Å²) in [5.74, 6) is 0.280. The Labute approximate surface area is 588 Å². The van der Waals surface area contributed by atoms with Gasteiger partial charge in [-0.3, -0.25) is 37.3 Å².